The van der Waals surface area contributed by atoms with Crippen molar-refractivity contribution in [3.63, 3.8) is 0 Å². The molecule has 1 aliphatic rings. The number of aromatic nitrogens is 3. The number of nitrogens with one attached hydrogen (secondary N) is 1. The third kappa shape index (κ3) is 3.22. The Morgan fingerprint density at radius 2 is 2.08 bits per heavy atom. The summed E-state index contributed by atoms with van der Waals surface area (Å²) in [6.07, 6.45) is 1.97. The number of carbonyl (C=O) groups is 1. The summed E-state index contributed by atoms with van der Waals surface area (Å²) in [5, 5.41) is 9.25. The van der Waals surface area contributed by atoms with E-state index >= 15 is 0 Å². The van der Waals surface area contributed by atoms with Crippen LogP contribution in [0.2, 0.25) is 0 Å². The van der Waals surface area contributed by atoms with Gasteiger partial charge in [0.05, 0.1) is 4.88 Å². The number of carbonyl (C=O) groups excluding carboxylic acids is 1. The Bertz CT molecular complexity index is 1010. The fourth-order valence-corrected chi connectivity index (χ4v) is 3.62. The first-order valence-corrected chi connectivity index (χ1v) is 9.51. The van der Waals surface area contributed by atoms with Gasteiger partial charge in [-0.1, -0.05) is 12.1 Å². The van der Waals surface area contributed by atoms with Crippen molar-refractivity contribution >= 4 is 22.9 Å². The van der Waals surface area contributed by atoms with Crippen molar-refractivity contribution in [2.24, 2.45) is 0 Å². The minimum absolute atomic E-state index is 0.0934. The molecule has 1 aliphatic carbocycles. The molecular formula is C19H20N4O2S. The summed E-state index contributed by atoms with van der Waals surface area (Å²) in [6, 6.07) is 9.85. The van der Waals surface area contributed by atoms with E-state index in [0.717, 1.165) is 29.0 Å². The predicted molar refractivity (Wildman–Crippen MR) is 103 cm³/mol. The van der Waals surface area contributed by atoms with Gasteiger partial charge < -0.3 is 5.32 Å². The van der Waals surface area contributed by atoms with Crippen LogP contribution in [0.1, 0.15) is 30.0 Å². The first kappa shape index (κ1) is 16.8. The van der Waals surface area contributed by atoms with Gasteiger partial charge in [-0.05, 0) is 61.4 Å². The molecule has 2 aromatic heterocycles. The summed E-state index contributed by atoms with van der Waals surface area (Å²) < 4.78 is 3.00. The highest BCUT2D eigenvalue weighted by Gasteiger charge is 2.31. The van der Waals surface area contributed by atoms with Gasteiger partial charge in [-0.25, -0.2) is 9.48 Å². The van der Waals surface area contributed by atoms with E-state index in [1.807, 2.05) is 49.6 Å². The number of thiophene rings is 1. The molecule has 4 rings (SSSR count). The first-order valence-electron chi connectivity index (χ1n) is 8.63. The number of benzene rings is 1. The molecular weight excluding hydrogens is 348 g/mol. The number of rotatable bonds is 5. The van der Waals surface area contributed by atoms with Crippen molar-refractivity contribution in [3.8, 4) is 10.7 Å². The van der Waals surface area contributed by atoms with Crippen molar-refractivity contribution < 1.29 is 4.79 Å². The summed E-state index contributed by atoms with van der Waals surface area (Å²) in [5.74, 6) is 0.403. The molecule has 1 N–H and O–H groups in total. The second-order valence-electron chi connectivity index (χ2n) is 6.69. The summed E-state index contributed by atoms with van der Waals surface area (Å²) in [6.45, 7) is 3.93. The van der Waals surface area contributed by atoms with Crippen molar-refractivity contribution in [1.82, 2.24) is 14.3 Å². The van der Waals surface area contributed by atoms with E-state index in [1.165, 1.54) is 10.2 Å². The van der Waals surface area contributed by atoms with Gasteiger partial charge in [-0.3, -0.25) is 9.36 Å². The molecule has 0 bridgehead atoms. The smallest absolute Gasteiger partial charge is 0.324 e. The lowest BCUT2D eigenvalue weighted by atomic mass is 10.1. The molecule has 2 heterocycles. The van der Waals surface area contributed by atoms with E-state index in [4.69, 9.17) is 0 Å². The molecule has 1 aromatic carbocycles. The van der Waals surface area contributed by atoms with E-state index < -0.39 is 0 Å². The quantitative estimate of drug-likeness (QED) is 0.751. The minimum Gasteiger partial charge on any atom is -0.324 e. The topological polar surface area (TPSA) is 68.9 Å². The van der Waals surface area contributed by atoms with Crippen LogP contribution in [0.5, 0.6) is 0 Å². The Kier molecular flexibility index (Phi) is 4.24. The Morgan fingerprint density at radius 1 is 1.27 bits per heavy atom. The van der Waals surface area contributed by atoms with E-state index in [-0.39, 0.29) is 24.2 Å². The maximum atomic E-state index is 12.7. The largest absolute Gasteiger partial charge is 0.346 e. The van der Waals surface area contributed by atoms with E-state index in [0.29, 0.717) is 5.82 Å². The Hall–Kier alpha value is -2.67. The van der Waals surface area contributed by atoms with Gasteiger partial charge in [0.15, 0.2) is 5.82 Å². The van der Waals surface area contributed by atoms with Gasteiger partial charge in [-0.2, -0.15) is 0 Å². The minimum atomic E-state index is -0.256. The highest BCUT2D eigenvalue weighted by molar-refractivity contribution is 7.13. The monoisotopic (exact) mass is 368 g/mol. The first-order chi connectivity index (χ1) is 12.5. The zero-order valence-corrected chi connectivity index (χ0v) is 15.5. The van der Waals surface area contributed by atoms with Crippen molar-refractivity contribution in [3.05, 3.63) is 57.3 Å². The lowest BCUT2D eigenvalue weighted by Gasteiger charge is -2.07. The molecule has 3 aromatic rings. The van der Waals surface area contributed by atoms with Crippen LogP contribution in [0.15, 0.2) is 40.5 Å². The summed E-state index contributed by atoms with van der Waals surface area (Å²) >= 11 is 1.55. The molecule has 0 spiro atoms. The molecule has 1 saturated carbocycles. The number of hydrogen-bond acceptors (Lipinski definition) is 4. The van der Waals surface area contributed by atoms with Crippen molar-refractivity contribution in [2.75, 3.05) is 5.32 Å². The Labute approximate surface area is 155 Å². The summed E-state index contributed by atoms with van der Waals surface area (Å²) in [4.78, 5) is 26.1. The van der Waals surface area contributed by atoms with Crippen LogP contribution in [-0.2, 0) is 11.3 Å². The standard InChI is InChI=1S/C19H20N4O2S/c1-12-5-6-14(10-13(12)2)20-17(24)11-22-19(25)23(15-7-8-15)18(21-22)16-4-3-9-26-16/h3-6,9-10,15H,7-8,11H2,1-2H3,(H,20,24). The van der Waals surface area contributed by atoms with Gasteiger partial charge in [-0.15, -0.1) is 16.4 Å². The molecule has 0 unspecified atom stereocenters. The summed E-state index contributed by atoms with van der Waals surface area (Å²) in [7, 11) is 0. The van der Waals surface area contributed by atoms with Gasteiger partial charge >= 0.3 is 5.69 Å². The number of aryl methyl sites for hydroxylation is 2. The lowest BCUT2D eigenvalue weighted by Crippen LogP contribution is -2.30. The van der Waals surface area contributed by atoms with Crippen molar-refractivity contribution in [1.29, 1.82) is 0 Å². The molecule has 0 saturated heterocycles. The lowest BCUT2D eigenvalue weighted by molar-refractivity contribution is -0.117. The number of nitrogens with zero attached hydrogens (tertiary/aromatic N) is 3. The third-order valence-corrected chi connectivity index (χ3v) is 5.47. The summed E-state index contributed by atoms with van der Waals surface area (Å²) in [5.41, 5.74) is 2.79. The maximum Gasteiger partial charge on any atom is 0.346 e. The number of anilines is 1. The molecule has 7 heteroatoms. The fourth-order valence-electron chi connectivity index (χ4n) is 2.91. The fraction of sp³-hybridized carbons (Fsp3) is 0.316. The van der Waals surface area contributed by atoms with Crippen molar-refractivity contribution in [2.45, 2.75) is 39.3 Å². The van der Waals surface area contributed by atoms with Crippen LogP contribution < -0.4 is 11.0 Å². The van der Waals surface area contributed by atoms with E-state index in [9.17, 15) is 9.59 Å². The van der Waals surface area contributed by atoms with Crippen LogP contribution in [0.3, 0.4) is 0 Å². The zero-order chi connectivity index (χ0) is 18.3. The maximum absolute atomic E-state index is 12.7. The van der Waals surface area contributed by atoms with Gasteiger partial charge in [0.1, 0.15) is 6.54 Å². The highest BCUT2D eigenvalue weighted by Crippen LogP contribution is 2.37. The van der Waals surface area contributed by atoms with E-state index in [1.54, 1.807) is 15.9 Å². The highest BCUT2D eigenvalue weighted by atomic mass is 32.1. The average Bonchev–Trinajstić information content (AvgIpc) is 3.18. The predicted octanol–water partition coefficient (Wildman–Crippen LogP) is 3.36. The van der Waals surface area contributed by atoms with Gasteiger partial charge in [0.25, 0.3) is 0 Å². The van der Waals surface area contributed by atoms with Crippen LogP contribution >= 0.6 is 11.3 Å². The number of amides is 1. The molecule has 0 radical (unpaired) electrons. The SMILES string of the molecule is Cc1ccc(NC(=O)Cn2nc(-c3cccs3)n(C3CC3)c2=O)cc1C. The third-order valence-electron chi connectivity index (χ3n) is 4.61. The second kappa shape index (κ2) is 6.57. The van der Waals surface area contributed by atoms with Crippen LogP contribution in [0.25, 0.3) is 10.7 Å². The van der Waals surface area contributed by atoms with Crippen LogP contribution in [-0.4, -0.2) is 20.3 Å². The molecule has 1 fully saturated rings. The van der Waals surface area contributed by atoms with Crippen LogP contribution in [0.4, 0.5) is 5.69 Å². The molecule has 0 atom stereocenters. The molecule has 6 nitrogen and oxygen atoms in total. The zero-order valence-electron chi connectivity index (χ0n) is 14.7. The average molecular weight is 368 g/mol. The van der Waals surface area contributed by atoms with E-state index in [2.05, 4.69) is 10.4 Å². The van der Waals surface area contributed by atoms with Crippen LogP contribution in [0, 0.1) is 13.8 Å². The van der Waals surface area contributed by atoms with Gasteiger partial charge in [0.2, 0.25) is 5.91 Å². The number of hydrogen-bond donors (Lipinski definition) is 1. The molecule has 0 aliphatic heterocycles. The molecule has 1 amide bonds. The Balaban J connectivity index is 1.58. The molecule has 134 valence electrons. The Morgan fingerprint density at radius 3 is 2.73 bits per heavy atom. The molecule has 26 heavy (non-hydrogen) atoms. The normalized spacial score (nSPS) is 13.8. The second-order valence-corrected chi connectivity index (χ2v) is 7.64. The van der Waals surface area contributed by atoms with Gasteiger partial charge in [0, 0.05) is 11.7 Å².